The van der Waals surface area contributed by atoms with Gasteiger partial charge in [-0.3, -0.25) is 11.3 Å². The van der Waals surface area contributed by atoms with Crippen LogP contribution >= 0.6 is 15.9 Å². The molecule has 0 bridgehead atoms. The Morgan fingerprint density at radius 1 is 1.29 bits per heavy atom. The van der Waals surface area contributed by atoms with Crippen LogP contribution in [0.25, 0.3) is 0 Å². The number of nitrogens with one attached hydrogen (secondary N) is 1. The molecule has 0 saturated carbocycles. The first-order valence-electron chi connectivity index (χ1n) is 5.26. The Hall–Kier alpha value is -1.30. The van der Waals surface area contributed by atoms with Gasteiger partial charge < -0.3 is 0 Å². The van der Waals surface area contributed by atoms with Gasteiger partial charge in [0.05, 0.1) is 11.7 Å². The molecule has 88 valence electrons. The van der Waals surface area contributed by atoms with Gasteiger partial charge in [0.15, 0.2) is 0 Å². The third-order valence-electron chi connectivity index (χ3n) is 2.54. The Bertz CT molecular complexity index is 475. The van der Waals surface area contributed by atoms with Crippen molar-refractivity contribution in [2.75, 3.05) is 0 Å². The quantitative estimate of drug-likeness (QED) is 0.668. The molecule has 1 aromatic carbocycles. The van der Waals surface area contributed by atoms with E-state index in [1.54, 1.807) is 6.20 Å². The van der Waals surface area contributed by atoms with Gasteiger partial charge in [-0.25, -0.2) is 9.97 Å². The van der Waals surface area contributed by atoms with E-state index in [1.165, 1.54) is 11.9 Å². The number of nitrogens with two attached hydrogens (primary N) is 1. The number of nitrogens with zero attached hydrogens (tertiary/aromatic N) is 2. The van der Waals surface area contributed by atoms with E-state index in [1.807, 2.05) is 24.3 Å². The topological polar surface area (TPSA) is 63.8 Å². The van der Waals surface area contributed by atoms with Crippen LogP contribution in [0.4, 0.5) is 0 Å². The lowest BCUT2D eigenvalue weighted by Gasteiger charge is -2.15. The molecule has 2 aromatic rings. The summed E-state index contributed by atoms with van der Waals surface area (Å²) in [5.74, 6) is 5.58. The Morgan fingerprint density at radius 3 is 2.76 bits per heavy atom. The van der Waals surface area contributed by atoms with Gasteiger partial charge in [0.2, 0.25) is 0 Å². The summed E-state index contributed by atoms with van der Waals surface area (Å²) in [5.41, 5.74) is 4.86. The minimum Gasteiger partial charge on any atom is -0.271 e. The highest BCUT2D eigenvalue weighted by atomic mass is 79.9. The molecule has 1 unspecified atom stereocenters. The highest BCUT2D eigenvalue weighted by Gasteiger charge is 2.12. The lowest BCUT2D eigenvalue weighted by atomic mass is 10.0. The van der Waals surface area contributed by atoms with Crippen molar-refractivity contribution in [3.8, 4) is 0 Å². The summed E-state index contributed by atoms with van der Waals surface area (Å²) in [6.07, 6.45) is 4.02. The van der Waals surface area contributed by atoms with Crippen molar-refractivity contribution >= 4 is 15.9 Å². The molecule has 1 aromatic heterocycles. The van der Waals surface area contributed by atoms with Crippen molar-refractivity contribution in [1.82, 2.24) is 15.4 Å². The number of benzene rings is 1. The minimum absolute atomic E-state index is 0.0169. The second-order valence-electron chi connectivity index (χ2n) is 3.65. The van der Waals surface area contributed by atoms with Crippen LogP contribution in [0, 0.1) is 0 Å². The van der Waals surface area contributed by atoms with Crippen molar-refractivity contribution in [2.24, 2.45) is 5.84 Å². The maximum absolute atomic E-state index is 5.58. The molecule has 1 atom stereocenters. The number of aromatic nitrogens is 2. The minimum atomic E-state index is -0.0169. The van der Waals surface area contributed by atoms with E-state index in [9.17, 15) is 0 Å². The van der Waals surface area contributed by atoms with Crippen LogP contribution in [0.15, 0.2) is 47.3 Å². The average Bonchev–Trinajstić information content (AvgIpc) is 2.39. The second kappa shape index (κ2) is 5.86. The summed E-state index contributed by atoms with van der Waals surface area (Å²) in [6.45, 7) is 0. The summed E-state index contributed by atoms with van der Waals surface area (Å²) in [4.78, 5) is 8.10. The summed E-state index contributed by atoms with van der Waals surface area (Å²) in [7, 11) is 0. The molecular formula is C12H13BrN4. The summed E-state index contributed by atoms with van der Waals surface area (Å²) >= 11 is 3.53. The zero-order valence-corrected chi connectivity index (χ0v) is 10.8. The van der Waals surface area contributed by atoms with Crippen molar-refractivity contribution < 1.29 is 0 Å². The van der Waals surface area contributed by atoms with E-state index >= 15 is 0 Å². The van der Waals surface area contributed by atoms with E-state index < -0.39 is 0 Å². The van der Waals surface area contributed by atoms with Gasteiger partial charge in [-0.1, -0.05) is 34.1 Å². The van der Waals surface area contributed by atoms with E-state index in [4.69, 9.17) is 5.84 Å². The van der Waals surface area contributed by atoms with Crippen molar-refractivity contribution in [1.29, 1.82) is 0 Å². The first-order valence-corrected chi connectivity index (χ1v) is 6.06. The fourth-order valence-corrected chi connectivity index (χ4v) is 2.09. The van der Waals surface area contributed by atoms with Gasteiger partial charge in [-0.2, -0.15) is 0 Å². The van der Waals surface area contributed by atoms with Gasteiger partial charge in [-0.05, 0) is 24.1 Å². The Morgan fingerprint density at radius 2 is 2.12 bits per heavy atom. The molecule has 2 rings (SSSR count). The molecular weight excluding hydrogens is 280 g/mol. The standard InChI is InChI=1S/C12H13BrN4/c13-10-4-2-1-3-9(10)7-12(17-14)11-5-6-15-8-16-11/h1-6,8,12,17H,7,14H2. The molecule has 3 N–H and O–H groups in total. The van der Waals surface area contributed by atoms with Gasteiger partial charge in [0, 0.05) is 10.7 Å². The van der Waals surface area contributed by atoms with Crippen molar-refractivity contribution in [3.05, 3.63) is 58.6 Å². The van der Waals surface area contributed by atoms with Gasteiger partial charge in [-0.15, -0.1) is 0 Å². The van der Waals surface area contributed by atoms with Crippen LogP contribution in [0.3, 0.4) is 0 Å². The molecule has 0 spiro atoms. The highest BCUT2D eigenvalue weighted by Crippen LogP contribution is 2.22. The largest absolute Gasteiger partial charge is 0.271 e. The van der Waals surface area contributed by atoms with Crippen LogP contribution in [0.1, 0.15) is 17.3 Å². The number of hydrogen-bond acceptors (Lipinski definition) is 4. The zero-order chi connectivity index (χ0) is 12.1. The number of hydrogen-bond donors (Lipinski definition) is 2. The van der Waals surface area contributed by atoms with Crippen molar-refractivity contribution in [3.63, 3.8) is 0 Å². The van der Waals surface area contributed by atoms with Crippen LogP contribution in [-0.2, 0) is 6.42 Å². The van der Waals surface area contributed by atoms with E-state index in [0.29, 0.717) is 0 Å². The maximum Gasteiger partial charge on any atom is 0.115 e. The van der Waals surface area contributed by atoms with Crippen LogP contribution in [0.2, 0.25) is 0 Å². The molecule has 0 aliphatic heterocycles. The van der Waals surface area contributed by atoms with Gasteiger partial charge >= 0.3 is 0 Å². The summed E-state index contributed by atoms with van der Waals surface area (Å²) in [5, 5.41) is 0. The molecule has 0 aliphatic rings. The molecule has 17 heavy (non-hydrogen) atoms. The molecule has 0 fully saturated rings. The number of rotatable bonds is 4. The smallest absolute Gasteiger partial charge is 0.115 e. The molecule has 0 saturated heterocycles. The van der Waals surface area contributed by atoms with Crippen LogP contribution in [0.5, 0.6) is 0 Å². The first kappa shape index (κ1) is 12.2. The number of hydrazine groups is 1. The van der Waals surface area contributed by atoms with Crippen molar-refractivity contribution in [2.45, 2.75) is 12.5 Å². The Balaban J connectivity index is 2.19. The predicted octanol–water partition coefficient (Wildman–Crippen LogP) is 1.99. The summed E-state index contributed by atoms with van der Waals surface area (Å²) < 4.78 is 1.08. The van der Waals surface area contributed by atoms with E-state index in [0.717, 1.165) is 16.6 Å². The van der Waals surface area contributed by atoms with Gasteiger partial charge in [0.25, 0.3) is 0 Å². The van der Waals surface area contributed by atoms with E-state index in [-0.39, 0.29) is 6.04 Å². The lowest BCUT2D eigenvalue weighted by molar-refractivity contribution is 0.536. The fourth-order valence-electron chi connectivity index (χ4n) is 1.64. The zero-order valence-electron chi connectivity index (χ0n) is 9.18. The highest BCUT2D eigenvalue weighted by molar-refractivity contribution is 9.10. The Labute approximate surface area is 108 Å². The third-order valence-corrected chi connectivity index (χ3v) is 3.32. The first-order chi connectivity index (χ1) is 8.31. The molecule has 4 nitrogen and oxygen atoms in total. The molecule has 5 heteroatoms. The molecule has 1 heterocycles. The Kier molecular flexibility index (Phi) is 4.19. The average molecular weight is 293 g/mol. The normalized spacial score (nSPS) is 12.4. The van der Waals surface area contributed by atoms with Crippen LogP contribution < -0.4 is 11.3 Å². The SMILES string of the molecule is NNC(Cc1ccccc1Br)c1ccncn1. The summed E-state index contributed by atoms with van der Waals surface area (Å²) in [6, 6.07) is 9.92. The third kappa shape index (κ3) is 3.09. The molecule has 0 amide bonds. The van der Waals surface area contributed by atoms with Gasteiger partial charge in [0.1, 0.15) is 6.33 Å². The number of halogens is 1. The monoisotopic (exact) mass is 292 g/mol. The second-order valence-corrected chi connectivity index (χ2v) is 4.50. The van der Waals surface area contributed by atoms with Crippen LogP contribution in [-0.4, -0.2) is 9.97 Å². The fraction of sp³-hybridized carbons (Fsp3) is 0.167. The maximum atomic E-state index is 5.58. The lowest BCUT2D eigenvalue weighted by Crippen LogP contribution is -2.30. The molecule has 0 aliphatic carbocycles. The molecule has 0 radical (unpaired) electrons. The van der Waals surface area contributed by atoms with E-state index in [2.05, 4.69) is 37.4 Å². The predicted molar refractivity (Wildman–Crippen MR) is 69.9 cm³/mol.